The molecular formula is C11H11N5O3. The second kappa shape index (κ2) is 4.84. The van der Waals surface area contributed by atoms with E-state index >= 15 is 0 Å². The summed E-state index contributed by atoms with van der Waals surface area (Å²) in [7, 11) is 3.25. The summed E-state index contributed by atoms with van der Waals surface area (Å²) in [5.74, 6) is -1.14. The van der Waals surface area contributed by atoms with E-state index in [1.807, 2.05) is 0 Å². The lowest BCUT2D eigenvalue weighted by molar-refractivity contribution is 0.0695. The molecule has 0 atom stereocenters. The van der Waals surface area contributed by atoms with E-state index in [0.29, 0.717) is 0 Å². The first-order valence-electron chi connectivity index (χ1n) is 5.32. The molecule has 1 N–H and O–H groups in total. The highest BCUT2D eigenvalue weighted by atomic mass is 16.4. The molecule has 2 heterocycles. The van der Waals surface area contributed by atoms with Crippen molar-refractivity contribution in [2.45, 2.75) is 0 Å². The van der Waals surface area contributed by atoms with Crippen LogP contribution in [0.25, 0.3) is 5.95 Å². The van der Waals surface area contributed by atoms with E-state index in [0.717, 1.165) is 0 Å². The maximum atomic E-state index is 11.7. The molecule has 0 saturated heterocycles. The van der Waals surface area contributed by atoms with Gasteiger partial charge in [0.1, 0.15) is 0 Å². The van der Waals surface area contributed by atoms with Gasteiger partial charge in [-0.2, -0.15) is 5.10 Å². The summed E-state index contributed by atoms with van der Waals surface area (Å²) < 4.78 is 1.31. The predicted octanol–water partition coefficient (Wildman–Crippen LogP) is 0.0623. The van der Waals surface area contributed by atoms with Gasteiger partial charge >= 0.3 is 5.97 Å². The Morgan fingerprint density at radius 1 is 1.26 bits per heavy atom. The third kappa shape index (κ3) is 2.57. The molecule has 8 nitrogen and oxygen atoms in total. The first-order chi connectivity index (χ1) is 8.99. The van der Waals surface area contributed by atoms with Gasteiger partial charge in [-0.25, -0.2) is 19.4 Å². The minimum atomic E-state index is -1.10. The normalized spacial score (nSPS) is 10.2. The van der Waals surface area contributed by atoms with Gasteiger partial charge in [-0.3, -0.25) is 4.79 Å². The molecule has 0 spiro atoms. The van der Waals surface area contributed by atoms with E-state index in [4.69, 9.17) is 5.11 Å². The zero-order chi connectivity index (χ0) is 14.0. The van der Waals surface area contributed by atoms with Gasteiger partial charge in [0.15, 0.2) is 5.69 Å². The number of hydrogen-bond acceptors (Lipinski definition) is 5. The fraction of sp³-hybridized carbons (Fsp3) is 0.182. The molecule has 0 aliphatic carbocycles. The van der Waals surface area contributed by atoms with Crippen molar-refractivity contribution < 1.29 is 14.7 Å². The molecule has 0 radical (unpaired) electrons. The zero-order valence-electron chi connectivity index (χ0n) is 10.3. The largest absolute Gasteiger partial charge is 0.478 e. The average molecular weight is 261 g/mol. The summed E-state index contributed by atoms with van der Waals surface area (Å²) in [6.07, 6.45) is 3.89. The van der Waals surface area contributed by atoms with Gasteiger partial charge < -0.3 is 10.0 Å². The Morgan fingerprint density at radius 2 is 1.89 bits per heavy atom. The summed E-state index contributed by atoms with van der Waals surface area (Å²) in [5.41, 5.74) is 0.247. The summed E-state index contributed by atoms with van der Waals surface area (Å²) in [6.45, 7) is 0. The molecule has 19 heavy (non-hydrogen) atoms. The quantitative estimate of drug-likeness (QED) is 0.838. The smallest absolute Gasteiger partial charge is 0.338 e. The van der Waals surface area contributed by atoms with Crippen molar-refractivity contribution in [3.63, 3.8) is 0 Å². The molecule has 0 bridgehead atoms. The first kappa shape index (κ1) is 12.7. The number of carbonyl (C=O) groups is 2. The number of amides is 1. The van der Waals surface area contributed by atoms with Gasteiger partial charge in [0.05, 0.1) is 5.56 Å². The highest BCUT2D eigenvalue weighted by Crippen LogP contribution is 2.04. The van der Waals surface area contributed by atoms with E-state index < -0.39 is 5.97 Å². The van der Waals surface area contributed by atoms with Gasteiger partial charge in [0.25, 0.3) is 5.91 Å². The maximum absolute atomic E-state index is 11.7. The van der Waals surface area contributed by atoms with Crippen molar-refractivity contribution >= 4 is 11.9 Å². The number of rotatable bonds is 3. The van der Waals surface area contributed by atoms with E-state index in [-0.39, 0.29) is 23.1 Å². The molecule has 2 aromatic heterocycles. The van der Waals surface area contributed by atoms with Crippen LogP contribution in [0.2, 0.25) is 0 Å². The van der Waals surface area contributed by atoms with Gasteiger partial charge in [0.2, 0.25) is 5.95 Å². The highest BCUT2D eigenvalue weighted by Gasteiger charge is 2.13. The Morgan fingerprint density at radius 3 is 2.42 bits per heavy atom. The average Bonchev–Trinajstić information content (AvgIpc) is 2.87. The molecule has 1 amide bonds. The Labute approximate surface area is 108 Å². The van der Waals surface area contributed by atoms with Crippen LogP contribution >= 0.6 is 0 Å². The zero-order valence-corrected chi connectivity index (χ0v) is 10.3. The van der Waals surface area contributed by atoms with Gasteiger partial charge in [-0.1, -0.05) is 0 Å². The standard InChI is InChI=1S/C11H11N5O3/c1-15(2)9(17)8-3-4-16(14-8)11-12-5-7(6-13-11)10(18)19/h3-6H,1-2H3,(H,18,19). The highest BCUT2D eigenvalue weighted by molar-refractivity contribution is 5.91. The Hall–Kier alpha value is -2.77. The fourth-order valence-corrected chi connectivity index (χ4v) is 1.33. The second-order valence-corrected chi connectivity index (χ2v) is 3.92. The SMILES string of the molecule is CN(C)C(=O)c1ccn(-c2ncc(C(=O)O)cn2)n1. The molecule has 98 valence electrons. The van der Waals surface area contributed by atoms with Crippen LogP contribution in [0.15, 0.2) is 24.7 Å². The van der Waals surface area contributed by atoms with Crippen molar-refractivity contribution in [1.29, 1.82) is 0 Å². The summed E-state index contributed by atoms with van der Waals surface area (Å²) in [4.78, 5) is 31.5. The number of aromatic carboxylic acids is 1. The maximum Gasteiger partial charge on any atom is 0.338 e. The Kier molecular flexibility index (Phi) is 3.23. The van der Waals surface area contributed by atoms with E-state index in [1.54, 1.807) is 14.1 Å². The van der Waals surface area contributed by atoms with Crippen LogP contribution < -0.4 is 0 Å². The number of carboxylic acid groups (broad SMARTS) is 1. The monoisotopic (exact) mass is 261 g/mol. The van der Waals surface area contributed by atoms with Crippen LogP contribution in [-0.4, -0.2) is 55.7 Å². The Bertz CT molecular complexity index is 618. The Balaban J connectivity index is 2.28. The molecule has 2 aromatic rings. The summed E-state index contributed by atoms with van der Waals surface area (Å²) >= 11 is 0. The second-order valence-electron chi connectivity index (χ2n) is 3.92. The fourth-order valence-electron chi connectivity index (χ4n) is 1.33. The van der Waals surface area contributed by atoms with Crippen molar-refractivity contribution in [3.05, 3.63) is 35.9 Å². The topological polar surface area (TPSA) is 101 Å². The van der Waals surface area contributed by atoms with Crippen molar-refractivity contribution in [3.8, 4) is 5.95 Å². The van der Waals surface area contributed by atoms with Crippen LogP contribution in [-0.2, 0) is 0 Å². The number of carbonyl (C=O) groups excluding carboxylic acids is 1. The summed E-state index contributed by atoms with van der Waals surface area (Å²) in [5, 5.41) is 12.8. The lowest BCUT2D eigenvalue weighted by Crippen LogP contribution is -2.22. The first-order valence-corrected chi connectivity index (χ1v) is 5.32. The van der Waals surface area contributed by atoms with Crippen molar-refractivity contribution in [2.24, 2.45) is 0 Å². The van der Waals surface area contributed by atoms with Crippen LogP contribution in [0.5, 0.6) is 0 Å². The molecule has 8 heteroatoms. The molecule has 0 fully saturated rings. The number of aromatic nitrogens is 4. The van der Waals surface area contributed by atoms with Crippen molar-refractivity contribution in [1.82, 2.24) is 24.6 Å². The van der Waals surface area contributed by atoms with E-state index in [2.05, 4.69) is 15.1 Å². The van der Waals surface area contributed by atoms with Gasteiger partial charge in [-0.15, -0.1) is 0 Å². The van der Waals surface area contributed by atoms with E-state index in [1.165, 1.54) is 34.2 Å². The van der Waals surface area contributed by atoms with Crippen LogP contribution in [0.4, 0.5) is 0 Å². The molecule has 0 unspecified atom stereocenters. The minimum Gasteiger partial charge on any atom is -0.478 e. The molecular weight excluding hydrogens is 250 g/mol. The summed E-state index contributed by atoms with van der Waals surface area (Å²) in [6, 6.07) is 1.54. The minimum absolute atomic E-state index is 0.0134. The number of hydrogen-bond donors (Lipinski definition) is 1. The third-order valence-corrected chi connectivity index (χ3v) is 2.30. The molecule has 0 aromatic carbocycles. The van der Waals surface area contributed by atoms with Gasteiger partial charge in [0, 0.05) is 32.7 Å². The van der Waals surface area contributed by atoms with Crippen LogP contribution in [0.1, 0.15) is 20.8 Å². The van der Waals surface area contributed by atoms with Crippen LogP contribution in [0, 0.1) is 0 Å². The molecule has 0 aliphatic rings. The molecule has 0 saturated carbocycles. The lowest BCUT2D eigenvalue weighted by atomic mass is 10.4. The van der Waals surface area contributed by atoms with Gasteiger partial charge in [-0.05, 0) is 6.07 Å². The number of carboxylic acids is 1. The van der Waals surface area contributed by atoms with Crippen LogP contribution in [0.3, 0.4) is 0 Å². The number of nitrogens with zero attached hydrogens (tertiary/aromatic N) is 5. The molecule has 2 rings (SSSR count). The lowest BCUT2D eigenvalue weighted by Gasteiger charge is -2.06. The van der Waals surface area contributed by atoms with Crippen molar-refractivity contribution in [2.75, 3.05) is 14.1 Å². The molecule has 0 aliphatic heterocycles. The third-order valence-electron chi connectivity index (χ3n) is 2.30. The van der Waals surface area contributed by atoms with E-state index in [9.17, 15) is 9.59 Å². The predicted molar refractivity (Wildman–Crippen MR) is 64.1 cm³/mol.